The molecular formula is C36H13BF20N2O. The number of benzene rings is 5. The van der Waals surface area contributed by atoms with Gasteiger partial charge in [-0.3, -0.25) is 4.98 Å². The second-order valence-electron chi connectivity index (χ2n) is 12.3. The van der Waals surface area contributed by atoms with E-state index in [0.717, 1.165) is 11.3 Å². The van der Waals surface area contributed by atoms with E-state index < -0.39 is 144 Å². The van der Waals surface area contributed by atoms with Crippen LogP contribution in [0.5, 0.6) is 5.75 Å². The van der Waals surface area contributed by atoms with E-state index in [1.165, 1.54) is 5.56 Å². The van der Waals surface area contributed by atoms with Gasteiger partial charge in [0.05, 0.1) is 12.4 Å². The summed E-state index contributed by atoms with van der Waals surface area (Å²) >= 11 is 0. The van der Waals surface area contributed by atoms with E-state index in [9.17, 15) is 52.7 Å². The van der Waals surface area contributed by atoms with Crippen molar-refractivity contribution in [3.63, 3.8) is 0 Å². The Hall–Kier alpha value is -6.36. The SMILES string of the molecule is Cc1ccc(C)c(O[n+]2ccncc2)c1.Fc1c(F)c(F)c([B-](c2c(F)c(F)c(F)c(F)c2F)(c2c(F)c(F)c(F)c(F)c2F)c2c(F)c(F)c(F)c(F)c2F)c(F)c1F. The van der Waals surface area contributed by atoms with Crippen LogP contribution in [0.2, 0.25) is 0 Å². The highest BCUT2D eigenvalue weighted by Gasteiger charge is 2.52. The maximum Gasteiger partial charge on any atom is 0.241 e. The molecule has 0 amide bonds. The summed E-state index contributed by atoms with van der Waals surface area (Å²) in [5, 5.41) is 0. The summed E-state index contributed by atoms with van der Waals surface area (Å²) in [6, 6.07) is 6.13. The Balaban J connectivity index is 0.000000379. The summed E-state index contributed by atoms with van der Waals surface area (Å²) < 4.78 is 296. The molecule has 0 saturated heterocycles. The van der Waals surface area contributed by atoms with Crippen LogP contribution in [0, 0.1) is 130 Å². The molecule has 0 radical (unpaired) electrons. The van der Waals surface area contributed by atoms with Crippen LogP contribution < -0.4 is 31.4 Å². The first-order chi connectivity index (χ1) is 28.0. The lowest BCUT2D eigenvalue weighted by Crippen LogP contribution is -2.81. The Morgan fingerprint density at radius 2 is 0.633 bits per heavy atom. The van der Waals surface area contributed by atoms with Crippen LogP contribution in [0.1, 0.15) is 11.1 Å². The lowest BCUT2D eigenvalue weighted by atomic mass is 9.12. The first-order valence-electron chi connectivity index (χ1n) is 15.8. The average Bonchev–Trinajstić information content (AvgIpc) is 3.22. The third-order valence-corrected chi connectivity index (χ3v) is 8.85. The molecule has 0 spiro atoms. The van der Waals surface area contributed by atoms with Crippen LogP contribution in [0.15, 0.2) is 43.0 Å². The summed E-state index contributed by atoms with van der Waals surface area (Å²) in [7, 11) is 0. The van der Waals surface area contributed by atoms with Gasteiger partial charge in [0, 0.05) is 4.73 Å². The van der Waals surface area contributed by atoms with Crippen LogP contribution in [0.4, 0.5) is 87.8 Å². The average molecular weight is 880 g/mol. The van der Waals surface area contributed by atoms with Crippen molar-refractivity contribution < 1.29 is 97.4 Å². The number of hydrogen-bond acceptors (Lipinski definition) is 2. The number of nitrogens with zero attached hydrogens (tertiary/aromatic N) is 2. The molecule has 6 rings (SSSR count). The normalized spacial score (nSPS) is 11.5. The second kappa shape index (κ2) is 16.4. The Bertz CT molecular complexity index is 2330. The smallest absolute Gasteiger partial charge is 0.241 e. The molecule has 0 unspecified atom stereocenters. The minimum atomic E-state index is -7.22. The monoisotopic (exact) mass is 880 g/mol. The molecule has 0 N–H and O–H groups in total. The largest absolute Gasteiger partial charge is 0.252 e. The quantitative estimate of drug-likeness (QED) is 0.0565. The van der Waals surface area contributed by atoms with Crippen molar-refractivity contribution in [1.82, 2.24) is 4.98 Å². The molecule has 0 fully saturated rings. The van der Waals surface area contributed by atoms with Gasteiger partial charge in [0.25, 0.3) is 0 Å². The first kappa shape index (κ1) is 44.7. The molecule has 60 heavy (non-hydrogen) atoms. The fraction of sp³-hybridized carbons (Fsp3) is 0.0556. The van der Waals surface area contributed by atoms with Crippen LogP contribution in [-0.4, -0.2) is 11.1 Å². The zero-order chi connectivity index (χ0) is 45.0. The minimum Gasteiger partial charge on any atom is -0.252 e. The van der Waals surface area contributed by atoms with E-state index in [2.05, 4.69) is 11.1 Å². The fourth-order valence-corrected chi connectivity index (χ4v) is 6.16. The maximum atomic E-state index is 15.4. The van der Waals surface area contributed by atoms with Crippen molar-refractivity contribution in [1.29, 1.82) is 0 Å². The summed E-state index contributed by atoms with van der Waals surface area (Å²) in [5.41, 5.74) is -12.0. The Morgan fingerprint density at radius 1 is 0.383 bits per heavy atom. The summed E-state index contributed by atoms with van der Waals surface area (Å²) in [5.74, 6) is -70.5. The van der Waals surface area contributed by atoms with E-state index in [1.807, 2.05) is 26.0 Å². The van der Waals surface area contributed by atoms with Gasteiger partial charge in [0.15, 0.2) is 69.8 Å². The van der Waals surface area contributed by atoms with Crippen molar-refractivity contribution in [2.24, 2.45) is 0 Å². The number of hydrogen-bond donors (Lipinski definition) is 0. The molecule has 316 valence electrons. The Labute approximate surface area is 320 Å². The third-order valence-electron chi connectivity index (χ3n) is 8.85. The molecule has 5 aromatic carbocycles. The van der Waals surface area contributed by atoms with Crippen molar-refractivity contribution in [3.8, 4) is 5.75 Å². The van der Waals surface area contributed by atoms with Crippen molar-refractivity contribution in [3.05, 3.63) is 170 Å². The lowest BCUT2D eigenvalue weighted by molar-refractivity contribution is -0.875. The van der Waals surface area contributed by atoms with E-state index in [1.54, 1.807) is 29.5 Å². The third kappa shape index (κ3) is 6.89. The van der Waals surface area contributed by atoms with Crippen LogP contribution in [0.3, 0.4) is 0 Å². The molecule has 1 heterocycles. The van der Waals surface area contributed by atoms with Gasteiger partial charge in [0.1, 0.15) is 52.7 Å². The molecular weight excluding hydrogens is 867 g/mol. The van der Waals surface area contributed by atoms with Gasteiger partial charge in [-0.05, 0) is 31.0 Å². The molecule has 0 bridgehead atoms. The van der Waals surface area contributed by atoms with E-state index in [0.29, 0.717) is 0 Å². The first-order valence-corrected chi connectivity index (χ1v) is 15.8. The highest BCUT2D eigenvalue weighted by Crippen LogP contribution is 2.31. The highest BCUT2D eigenvalue weighted by atomic mass is 19.2. The van der Waals surface area contributed by atoms with Crippen LogP contribution in [0.25, 0.3) is 0 Å². The molecule has 0 aliphatic heterocycles. The minimum absolute atomic E-state index is 0.867. The standard InChI is InChI=1S/C24BF20.C12H13N2O/c26-5-1(6(27)14(35)21(42)13(5)34)25(2-7(28)15(36)22(43)16(37)8(2)29,3-9(30)17(38)23(44)18(39)10(3)31)4-11(32)19(40)24(45)20(41)12(4)33;1-10-3-4-11(2)12(9-10)15-14-7-5-13-6-8-14/h;3-9H,1-2H3/q-1;+1. The van der Waals surface area contributed by atoms with Gasteiger partial charge < -0.3 is 0 Å². The van der Waals surface area contributed by atoms with Gasteiger partial charge in [-0.15, -0.1) is 21.9 Å². The van der Waals surface area contributed by atoms with Crippen molar-refractivity contribution in [2.75, 3.05) is 0 Å². The van der Waals surface area contributed by atoms with Crippen LogP contribution in [-0.2, 0) is 0 Å². The lowest BCUT2D eigenvalue weighted by Gasteiger charge is -2.44. The summed E-state index contributed by atoms with van der Waals surface area (Å²) in [6.07, 6.45) is -0.314. The van der Waals surface area contributed by atoms with E-state index in [4.69, 9.17) is 4.84 Å². The Kier molecular flexibility index (Phi) is 12.2. The Morgan fingerprint density at radius 3 is 0.900 bits per heavy atom. The predicted octanol–water partition coefficient (Wildman–Crippen LogP) is 7.67. The number of aryl methyl sites for hydroxylation is 2. The maximum absolute atomic E-state index is 15.4. The summed E-state index contributed by atoms with van der Waals surface area (Å²) in [6.45, 7) is 4.07. The molecule has 0 atom stereocenters. The second-order valence-corrected chi connectivity index (χ2v) is 12.3. The number of rotatable bonds is 6. The van der Waals surface area contributed by atoms with E-state index >= 15 is 35.1 Å². The molecule has 0 aliphatic carbocycles. The molecule has 3 nitrogen and oxygen atoms in total. The molecule has 0 aliphatic rings. The molecule has 6 aromatic rings. The van der Waals surface area contributed by atoms with Gasteiger partial charge in [-0.1, -0.05) is 12.1 Å². The van der Waals surface area contributed by atoms with Gasteiger partial charge in [0.2, 0.25) is 18.1 Å². The fourth-order valence-electron chi connectivity index (χ4n) is 6.16. The van der Waals surface area contributed by atoms with Crippen LogP contribution >= 0.6 is 0 Å². The summed E-state index contributed by atoms with van der Waals surface area (Å²) in [4.78, 5) is 9.59. The molecule has 0 saturated carbocycles. The van der Waals surface area contributed by atoms with Gasteiger partial charge >= 0.3 is 0 Å². The highest BCUT2D eigenvalue weighted by molar-refractivity contribution is 7.20. The van der Waals surface area contributed by atoms with E-state index in [-0.39, 0.29) is 0 Å². The molecule has 1 aromatic heterocycles. The molecule has 24 heteroatoms. The van der Waals surface area contributed by atoms with Crippen molar-refractivity contribution in [2.45, 2.75) is 13.8 Å². The topological polar surface area (TPSA) is 26.0 Å². The van der Waals surface area contributed by atoms with Gasteiger partial charge in [-0.25, -0.2) is 92.6 Å². The number of halogens is 20. The zero-order valence-corrected chi connectivity index (χ0v) is 29.0. The zero-order valence-electron chi connectivity index (χ0n) is 29.0. The number of aromatic nitrogens is 2. The predicted molar refractivity (Wildman–Crippen MR) is 166 cm³/mol. The van der Waals surface area contributed by atoms with Crippen molar-refractivity contribution >= 4 is 28.0 Å². The van der Waals surface area contributed by atoms with Gasteiger partial charge in [-0.2, -0.15) is 0 Å².